The molecule has 0 saturated carbocycles. The van der Waals surface area contributed by atoms with Gasteiger partial charge in [0.05, 0.1) is 5.69 Å². The van der Waals surface area contributed by atoms with Gasteiger partial charge in [0.25, 0.3) is 0 Å². The molecule has 9 nitrogen and oxygen atoms in total. The van der Waals surface area contributed by atoms with Crippen LogP contribution >= 0.6 is 0 Å². The van der Waals surface area contributed by atoms with Crippen LogP contribution in [0, 0.1) is 5.82 Å². The lowest BCUT2D eigenvalue weighted by molar-refractivity contribution is -0.00461. The number of benzene rings is 1. The molecule has 3 rings (SSSR count). The lowest BCUT2D eigenvalue weighted by Gasteiger charge is -2.20. The van der Waals surface area contributed by atoms with Crippen molar-refractivity contribution < 1.29 is 28.1 Å². The smallest absolute Gasteiger partial charge is 0.412 e. The topological polar surface area (TPSA) is 95.0 Å². The van der Waals surface area contributed by atoms with Gasteiger partial charge in [0.15, 0.2) is 5.82 Å². The first-order valence-corrected chi connectivity index (χ1v) is 9.79. The first-order chi connectivity index (χ1) is 14.7. The Morgan fingerprint density at radius 3 is 2.42 bits per heavy atom. The molecule has 2 atom stereocenters. The molecule has 0 aliphatic carbocycles. The molecule has 0 bridgehead atoms. The highest BCUT2D eigenvalue weighted by molar-refractivity contribution is 5.85. The van der Waals surface area contributed by atoms with Gasteiger partial charge in [-0.3, -0.25) is 5.32 Å². The zero-order chi connectivity index (χ0) is 22.6. The summed E-state index contributed by atoms with van der Waals surface area (Å²) in [5.41, 5.74) is -0.700. The minimum Gasteiger partial charge on any atom is -0.444 e. The maximum absolute atomic E-state index is 14.4. The van der Waals surface area contributed by atoms with Gasteiger partial charge in [-0.2, -0.15) is 4.98 Å². The minimum atomic E-state index is -0.741. The summed E-state index contributed by atoms with van der Waals surface area (Å²) in [6.45, 7) is 6.34. The molecule has 10 heteroatoms. The van der Waals surface area contributed by atoms with Crippen molar-refractivity contribution in [2.75, 3.05) is 37.5 Å². The minimum absolute atomic E-state index is 0.0155. The summed E-state index contributed by atoms with van der Waals surface area (Å²) in [6, 6.07) is 5.65. The number of amides is 1. The number of aromatic nitrogens is 2. The van der Waals surface area contributed by atoms with Crippen LogP contribution in [0.5, 0.6) is 11.6 Å². The van der Waals surface area contributed by atoms with Crippen LogP contribution in [-0.4, -0.2) is 61.2 Å². The van der Waals surface area contributed by atoms with Crippen molar-refractivity contribution in [3.63, 3.8) is 0 Å². The number of methoxy groups -OCH3 is 2. The van der Waals surface area contributed by atoms with Crippen molar-refractivity contribution >= 4 is 17.7 Å². The van der Waals surface area contributed by atoms with Crippen LogP contribution in [0.3, 0.4) is 0 Å². The molecule has 0 unspecified atom stereocenters. The Morgan fingerprint density at radius 2 is 1.84 bits per heavy atom. The van der Waals surface area contributed by atoms with Crippen LogP contribution < -0.4 is 15.0 Å². The van der Waals surface area contributed by atoms with Gasteiger partial charge in [-0.1, -0.05) is 0 Å². The Morgan fingerprint density at radius 1 is 1.16 bits per heavy atom. The predicted molar refractivity (Wildman–Crippen MR) is 112 cm³/mol. The molecule has 1 fully saturated rings. The number of carbonyl (C=O) groups is 1. The average molecular weight is 434 g/mol. The number of halogens is 1. The summed E-state index contributed by atoms with van der Waals surface area (Å²) < 4.78 is 36.1. The van der Waals surface area contributed by atoms with Gasteiger partial charge < -0.3 is 23.8 Å². The quantitative estimate of drug-likeness (QED) is 0.737. The lowest BCUT2D eigenvalue weighted by atomic mass is 10.2. The second-order valence-corrected chi connectivity index (χ2v) is 8.02. The number of hydrogen-bond acceptors (Lipinski definition) is 8. The summed E-state index contributed by atoms with van der Waals surface area (Å²) in [6.07, 6.45) is 0.651. The van der Waals surface area contributed by atoms with Crippen molar-refractivity contribution in [3.05, 3.63) is 36.3 Å². The number of carbonyl (C=O) groups excluding carboxylic acids is 1. The Kier molecular flexibility index (Phi) is 6.91. The second kappa shape index (κ2) is 9.44. The molecule has 0 radical (unpaired) electrons. The van der Waals surface area contributed by atoms with Crippen molar-refractivity contribution in [2.24, 2.45) is 0 Å². The van der Waals surface area contributed by atoms with E-state index in [0.29, 0.717) is 19.0 Å². The van der Waals surface area contributed by atoms with Gasteiger partial charge in [-0.05, 0) is 32.9 Å². The van der Waals surface area contributed by atoms with Gasteiger partial charge in [-0.25, -0.2) is 14.2 Å². The number of ether oxygens (including phenoxy) is 4. The highest BCUT2D eigenvalue weighted by atomic mass is 19.1. The molecule has 1 aliphatic rings. The van der Waals surface area contributed by atoms with E-state index in [1.165, 1.54) is 12.1 Å². The molecular formula is C21H27FN4O5. The van der Waals surface area contributed by atoms with E-state index < -0.39 is 17.5 Å². The van der Waals surface area contributed by atoms with Crippen LogP contribution in [0.1, 0.15) is 20.8 Å². The van der Waals surface area contributed by atoms with E-state index in [-0.39, 0.29) is 29.5 Å². The van der Waals surface area contributed by atoms with E-state index >= 15 is 0 Å². The zero-order valence-electron chi connectivity index (χ0n) is 18.2. The van der Waals surface area contributed by atoms with Crippen molar-refractivity contribution in [1.29, 1.82) is 0 Å². The fourth-order valence-corrected chi connectivity index (χ4v) is 3.10. The second-order valence-electron chi connectivity index (χ2n) is 8.02. The summed E-state index contributed by atoms with van der Waals surface area (Å²) in [7, 11) is 3.27. The molecule has 31 heavy (non-hydrogen) atoms. The monoisotopic (exact) mass is 434 g/mol. The van der Waals surface area contributed by atoms with Gasteiger partial charge in [0.2, 0.25) is 11.8 Å². The van der Waals surface area contributed by atoms with E-state index in [1.54, 1.807) is 47.3 Å². The lowest BCUT2D eigenvalue weighted by Crippen LogP contribution is -2.27. The molecule has 168 valence electrons. The van der Waals surface area contributed by atoms with Crippen molar-refractivity contribution in [2.45, 2.75) is 38.6 Å². The summed E-state index contributed by atoms with van der Waals surface area (Å²) in [4.78, 5) is 22.5. The molecule has 1 aromatic heterocycles. The number of hydrogen-bond donors (Lipinski definition) is 1. The van der Waals surface area contributed by atoms with Gasteiger partial charge >= 0.3 is 6.09 Å². The molecule has 1 saturated heterocycles. The first kappa shape index (κ1) is 22.7. The van der Waals surface area contributed by atoms with Crippen LogP contribution in [0.15, 0.2) is 30.5 Å². The predicted octanol–water partition coefficient (Wildman–Crippen LogP) is 3.61. The molecular weight excluding hydrogens is 407 g/mol. The highest BCUT2D eigenvalue weighted by Gasteiger charge is 2.34. The molecule has 1 aliphatic heterocycles. The number of anilines is 2. The molecule has 2 aromatic rings. The van der Waals surface area contributed by atoms with E-state index in [4.69, 9.17) is 18.9 Å². The van der Waals surface area contributed by atoms with Gasteiger partial charge in [-0.15, -0.1) is 0 Å². The van der Waals surface area contributed by atoms with E-state index in [2.05, 4.69) is 15.3 Å². The van der Waals surface area contributed by atoms with Crippen molar-refractivity contribution in [1.82, 2.24) is 9.97 Å². The molecule has 1 aromatic carbocycles. The summed E-state index contributed by atoms with van der Waals surface area (Å²) >= 11 is 0. The van der Waals surface area contributed by atoms with Crippen LogP contribution in [0.4, 0.5) is 20.8 Å². The number of nitrogens with zero attached hydrogens (tertiary/aromatic N) is 3. The zero-order valence-corrected chi connectivity index (χ0v) is 18.2. The van der Waals surface area contributed by atoms with E-state index in [1.807, 2.05) is 4.90 Å². The Balaban J connectivity index is 1.67. The van der Waals surface area contributed by atoms with Gasteiger partial charge in [0.1, 0.15) is 23.6 Å². The first-order valence-electron chi connectivity index (χ1n) is 9.79. The fourth-order valence-electron chi connectivity index (χ4n) is 3.10. The Hall–Kier alpha value is -2.98. The third kappa shape index (κ3) is 6.02. The largest absolute Gasteiger partial charge is 0.444 e. The maximum Gasteiger partial charge on any atom is 0.412 e. The Labute approximate surface area is 180 Å². The molecule has 1 amide bonds. The molecule has 0 spiro atoms. The van der Waals surface area contributed by atoms with Crippen LogP contribution in [0.25, 0.3) is 0 Å². The van der Waals surface area contributed by atoms with Crippen molar-refractivity contribution in [3.8, 4) is 11.6 Å². The fraction of sp³-hybridized carbons (Fsp3) is 0.476. The third-order valence-electron chi connectivity index (χ3n) is 4.52. The van der Waals surface area contributed by atoms with E-state index in [0.717, 1.165) is 6.07 Å². The van der Waals surface area contributed by atoms with Crippen LogP contribution in [0.2, 0.25) is 0 Å². The van der Waals surface area contributed by atoms with Gasteiger partial charge in [0, 0.05) is 45.6 Å². The standard InChI is InChI=1S/C21H27FN4O5/c1-21(2,3)31-20(27)24-15-7-6-13(10-14(15)22)30-18-8-9-23-19(25-18)26-11-16(28-4)17(12-26)29-5/h6-10,16-17H,11-12H2,1-5H3,(H,24,27)/t16-,17+. The normalized spacial score (nSPS) is 18.7. The average Bonchev–Trinajstić information content (AvgIpc) is 3.12. The number of rotatable bonds is 6. The SMILES string of the molecule is CO[C@H]1CN(c2nccc(Oc3ccc(NC(=O)OC(C)(C)C)c(F)c3)n2)C[C@H]1OC. The Bertz CT molecular complexity index is 909. The van der Waals surface area contributed by atoms with Crippen LogP contribution in [-0.2, 0) is 14.2 Å². The number of nitrogens with one attached hydrogen (secondary N) is 1. The summed E-state index contributed by atoms with van der Waals surface area (Å²) in [5, 5.41) is 2.38. The third-order valence-corrected chi connectivity index (χ3v) is 4.52. The highest BCUT2D eigenvalue weighted by Crippen LogP contribution is 2.27. The summed E-state index contributed by atoms with van der Waals surface area (Å²) in [5.74, 6) is 0.278. The van der Waals surface area contributed by atoms with E-state index in [9.17, 15) is 9.18 Å². The molecule has 1 N–H and O–H groups in total. The maximum atomic E-state index is 14.4. The molecule has 2 heterocycles.